The summed E-state index contributed by atoms with van der Waals surface area (Å²) in [7, 11) is 0. The number of nitrogens with one attached hydrogen (secondary N) is 1. The number of para-hydroxylation sites is 2. The van der Waals surface area contributed by atoms with Gasteiger partial charge in [-0.05, 0) is 37.4 Å². The molecule has 2 unspecified atom stereocenters. The number of hydrogen-bond donors (Lipinski definition) is 1. The Hall–Kier alpha value is -1.56. The molecule has 6 heteroatoms. The van der Waals surface area contributed by atoms with Crippen LogP contribution in [0.4, 0.5) is 13.2 Å². The summed E-state index contributed by atoms with van der Waals surface area (Å²) in [4.78, 5) is 4.46. The van der Waals surface area contributed by atoms with Gasteiger partial charge < -0.3 is 9.88 Å². The molecule has 1 saturated heterocycles. The molecule has 21 heavy (non-hydrogen) atoms. The lowest BCUT2D eigenvalue weighted by molar-refractivity contribution is -0.140. The van der Waals surface area contributed by atoms with Crippen LogP contribution < -0.4 is 5.32 Å². The van der Waals surface area contributed by atoms with Crippen molar-refractivity contribution in [1.82, 2.24) is 14.9 Å². The van der Waals surface area contributed by atoms with Gasteiger partial charge in [0.05, 0.1) is 17.1 Å². The van der Waals surface area contributed by atoms with Gasteiger partial charge in [0, 0.05) is 0 Å². The van der Waals surface area contributed by atoms with Crippen molar-refractivity contribution < 1.29 is 13.2 Å². The maximum absolute atomic E-state index is 12.9. The lowest BCUT2D eigenvalue weighted by Gasteiger charge is -2.28. The Morgan fingerprint density at radius 3 is 2.81 bits per heavy atom. The van der Waals surface area contributed by atoms with E-state index in [1.807, 2.05) is 0 Å². The predicted octanol–water partition coefficient (Wildman–Crippen LogP) is 3.66. The molecule has 0 saturated carbocycles. The summed E-state index contributed by atoms with van der Waals surface area (Å²) >= 11 is 0. The number of imidazole rings is 1. The number of hydrogen-bond acceptors (Lipinski definition) is 2. The van der Waals surface area contributed by atoms with Crippen molar-refractivity contribution in [2.75, 3.05) is 6.54 Å². The van der Waals surface area contributed by atoms with Gasteiger partial charge in [-0.1, -0.05) is 19.1 Å². The highest BCUT2D eigenvalue weighted by atomic mass is 19.4. The highest BCUT2D eigenvalue weighted by Crippen LogP contribution is 2.31. The summed E-state index contributed by atoms with van der Waals surface area (Å²) in [6.07, 6.45) is -2.38. The molecule has 0 spiro atoms. The van der Waals surface area contributed by atoms with E-state index in [-0.39, 0.29) is 6.04 Å². The molecule has 0 aliphatic carbocycles. The van der Waals surface area contributed by atoms with E-state index in [1.165, 1.54) is 4.57 Å². The summed E-state index contributed by atoms with van der Waals surface area (Å²) in [5.41, 5.74) is 1.17. The first kappa shape index (κ1) is 14.4. The average molecular weight is 297 g/mol. The van der Waals surface area contributed by atoms with Crippen LogP contribution in [-0.2, 0) is 6.54 Å². The lowest BCUT2D eigenvalue weighted by Crippen LogP contribution is -2.33. The molecule has 2 atom stereocenters. The molecule has 114 valence electrons. The molecule has 0 bridgehead atoms. The molecular formula is C15H18F3N3. The normalized spacial score (nSPS) is 23.6. The number of halogens is 3. The van der Waals surface area contributed by atoms with Crippen LogP contribution in [-0.4, -0.2) is 22.3 Å². The molecule has 2 aromatic rings. The summed E-state index contributed by atoms with van der Waals surface area (Å²) in [6.45, 7) is 1.96. The van der Waals surface area contributed by atoms with E-state index >= 15 is 0 Å². The number of fused-ring (bicyclic) bond motifs is 1. The fourth-order valence-corrected chi connectivity index (χ4v) is 3.01. The molecule has 1 aromatic heterocycles. The Labute approximate surface area is 121 Å². The van der Waals surface area contributed by atoms with Crippen molar-refractivity contribution >= 4 is 11.0 Å². The first-order valence-electron chi connectivity index (χ1n) is 7.19. The Balaban J connectivity index is 2.05. The van der Waals surface area contributed by atoms with Crippen LogP contribution >= 0.6 is 0 Å². The maximum Gasteiger partial charge on any atom is 0.406 e. The second kappa shape index (κ2) is 5.33. The quantitative estimate of drug-likeness (QED) is 0.917. The monoisotopic (exact) mass is 297 g/mol. The van der Waals surface area contributed by atoms with Crippen molar-refractivity contribution in [2.24, 2.45) is 5.92 Å². The third-order valence-corrected chi connectivity index (χ3v) is 4.00. The zero-order valence-corrected chi connectivity index (χ0v) is 11.8. The zero-order chi connectivity index (χ0) is 15.0. The summed E-state index contributed by atoms with van der Waals surface area (Å²) in [5, 5.41) is 3.30. The van der Waals surface area contributed by atoms with Crippen LogP contribution in [0.5, 0.6) is 0 Å². The minimum absolute atomic E-state index is 0.108. The molecule has 1 aliphatic rings. The number of aromatic nitrogens is 2. The molecule has 1 N–H and O–H groups in total. The van der Waals surface area contributed by atoms with E-state index < -0.39 is 12.7 Å². The summed E-state index contributed by atoms with van der Waals surface area (Å²) < 4.78 is 40.0. The third-order valence-electron chi connectivity index (χ3n) is 4.00. The first-order valence-corrected chi connectivity index (χ1v) is 7.19. The molecular weight excluding hydrogens is 279 g/mol. The zero-order valence-electron chi connectivity index (χ0n) is 11.8. The molecule has 0 radical (unpaired) electrons. The second-order valence-electron chi connectivity index (χ2n) is 5.80. The number of nitrogens with zero attached hydrogens (tertiary/aromatic N) is 2. The number of alkyl halides is 3. The van der Waals surface area contributed by atoms with Crippen LogP contribution in [0.1, 0.15) is 31.6 Å². The van der Waals surface area contributed by atoms with E-state index in [9.17, 15) is 13.2 Å². The lowest BCUT2D eigenvalue weighted by atomic mass is 9.94. The Kier molecular flexibility index (Phi) is 3.65. The molecule has 1 fully saturated rings. The smallest absolute Gasteiger partial charge is 0.317 e. The molecule has 3 rings (SSSR count). The number of rotatable bonds is 2. The van der Waals surface area contributed by atoms with Gasteiger partial charge in [-0.3, -0.25) is 0 Å². The SMILES string of the molecule is CC1CCNC(c2nc3ccccc3n2CC(F)(F)F)C1. The molecule has 2 heterocycles. The van der Waals surface area contributed by atoms with Crippen molar-refractivity contribution in [1.29, 1.82) is 0 Å². The van der Waals surface area contributed by atoms with Crippen LogP contribution in [0.2, 0.25) is 0 Å². The minimum Gasteiger partial charge on any atom is -0.317 e. The molecule has 1 aliphatic heterocycles. The Morgan fingerprint density at radius 1 is 1.33 bits per heavy atom. The van der Waals surface area contributed by atoms with Crippen molar-refractivity contribution in [3.63, 3.8) is 0 Å². The van der Waals surface area contributed by atoms with Gasteiger partial charge in [-0.2, -0.15) is 13.2 Å². The molecule has 0 amide bonds. The van der Waals surface area contributed by atoms with E-state index in [0.29, 0.717) is 22.8 Å². The van der Waals surface area contributed by atoms with Gasteiger partial charge >= 0.3 is 6.18 Å². The third kappa shape index (κ3) is 3.05. The van der Waals surface area contributed by atoms with Crippen LogP contribution in [0, 0.1) is 5.92 Å². The Bertz CT molecular complexity index is 633. The van der Waals surface area contributed by atoms with E-state index in [2.05, 4.69) is 17.2 Å². The predicted molar refractivity (Wildman–Crippen MR) is 74.9 cm³/mol. The van der Waals surface area contributed by atoms with Gasteiger partial charge in [0.2, 0.25) is 0 Å². The fraction of sp³-hybridized carbons (Fsp3) is 0.533. The first-order chi connectivity index (χ1) is 9.94. The van der Waals surface area contributed by atoms with Gasteiger partial charge in [-0.25, -0.2) is 4.98 Å². The largest absolute Gasteiger partial charge is 0.406 e. The standard InChI is InChI=1S/C15H18F3N3/c1-10-6-7-19-12(8-10)14-20-11-4-2-3-5-13(11)21(14)9-15(16,17)18/h2-5,10,12,19H,6-9H2,1H3. The van der Waals surface area contributed by atoms with Crippen LogP contribution in [0.25, 0.3) is 11.0 Å². The average Bonchev–Trinajstić information content (AvgIpc) is 2.76. The number of benzene rings is 1. The maximum atomic E-state index is 12.9. The Morgan fingerprint density at radius 2 is 2.10 bits per heavy atom. The van der Waals surface area contributed by atoms with E-state index in [4.69, 9.17) is 0 Å². The van der Waals surface area contributed by atoms with Crippen molar-refractivity contribution in [2.45, 2.75) is 38.5 Å². The summed E-state index contributed by atoms with van der Waals surface area (Å²) in [5.74, 6) is 0.996. The van der Waals surface area contributed by atoms with E-state index in [0.717, 1.165) is 19.4 Å². The topological polar surface area (TPSA) is 29.9 Å². The van der Waals surface area contributed by atoms with Crippen molar-refractivity contribution in [3.8, 4) is 0 Å². The van der Waals surface area contributed by atoms with Gasteiger partial charge in [0.25, 0.3) is 0 Å². The van der Waals surface area contributed by atoms with Gasteiger partial charge in [0.1, 0.15) is 12.4 Å². The minimum atomic E-state index is -4.25. The van der Waals surface area contributed by atoms with E-state index in [1.54, 1.807) is 24.3 Å². The highest BCUT2D eigenvalue weighted by Gasteiger charge is 2.32. The van der Waals surface area contributed by atoms with Gasteiger partial charge in [-0.15, -0.1) is 0 Å². The van der Waals surface area contributed by atoms with Crippen LogP contribution in [0.15, 0.2) is 24.3 Å². The molecule has 1 aromatic carbocycles. The van der Waals surface area contributed by atoms with Crippen LogP contribution in [0.3, 0.4) is 0 Å². The molecule has 3 nitrogen and oxygen atoms in total. The van der Waals surface area contributed by atoms with Crippen molar-refractivity contribution in [3.05, 3.63) is 30.1 Å². The second-order valence-corrected chi connectivity index (χ2v) is 5.80. The highest BCUT2D eigenvalue weighted by molar-refractivity contribution is 5.76. The number of piperidine rings is 1. The fourth-order valence-electron chi connectivity index (χ4n) is 3.01. The van der Waals surface area contributed by atoms with Gasteiger partial charge in [0.15, 0.2) is 0 Å². The summed E-state index contributed by atoms with van der Waals surface area (Å²) in [6, 6.07) is 6.90.